The van der Waals surface area contributed by atoms with Crippen LogP contribution in [0.4, 0.5) is 5.69 Å². The summed E-state index contributed by atoms with van der Waals surface area (Å²) in [5.41, 5.74) is -1.00. The van der Waals surface area contributed by atoms with Crippen LogP contribution in [0.3, 0.4) is 0 Å². The highest BCUT2D eigenvalue weighted by Crippen LogP contribution is 2.69. The number of phenolic OH excluding ortho intramolecular Hbond substituents is 2. The van der Waals surface area contributed by atoms with Crippen molar-refractivity contribution in [1.82, 2.24) is 0 Å². The zero-order valence-corrected chi connectivity index (χ0v) is 19.6. The number of phenols is 2. The molecule has 0 aliphatic heterocycles. The Labute approximate surface area is 193 Å². The minimum atomic E-state index is -0.768. The Bertz CT molecular complexity index is 1060. The monoisotopic (exact) mass is 455 g/mol. The van der Waals surface area contributed by atoms with Crippen LogP contribution in [0.2, 0.25) is 0 Å². The maximum Gasteiger partial charge on any atom is 0.224 e. The van der Waals surface area contributed by atoms with Gasteiger partial charge in [0, 0.05) is 11.8 Å². The first-order valence-corrected chi connectivity index (χ1v) is 11.6. The molecule has 0 radical (unpaired) electrons. The molecule has 4 N–H and O–H groups in total. The topological polar surface area (TPSA) is 124 Å². The van der Waals surface area contributed by atoms with Gasteiger partial charge < -0.3 is 20.6 Å². The zero-order valence-electron chi connectivity index (χ0n) is 19.6. The van der Waals surface area contributed by atoms with Gasteiger partial charge in [0.25, 0.3) is 0 Å². The summed E-state index contributed by atoms with van der Waals surface area (Å²) in [4.78, 5) is 37.2. The maximum absolute atomic E-state index is 13.3. The Morgan fingerprint density at radius 1 is 1.27 bits per heavy atom. The number of aliphatic hydroxyl groups is 1. The molecule has 1 spiro atoms. The summed E-state index contributed by atoms with van der Waals surface area (Å²) in [5, 5.41) is 33.8. The summed E-state index contributed by atoms with van der Waals surface area (Å²) in [6.07, 6.45) is 4.80. The molecular formula is C26H33NO6. The lowest BCUT2D eigenvalue weighted by atomic mass is 9.47. The summed E-state index contributed by atoms with van der Waals surface area (Å²) in [5.74, 6) is -0.855. The highest BCUT2D eigenvalue weighted by atomic mass is 16.3. The minimum Gasteiger partial charge on any atom is -0.506 e. The van der Waals surface area contributed by atoms with Gasteiger partial charge in [-0.2, -0.15) is 0 Å². The van der Waals surface area contributed by atoms with Gasteiger partial charge in [-0.1, -0.05) is 19.4 Å². The number of ketones is 1. The molecule has 33 heavy (non-hydrogen) atoms. The number of hydrogen-bond donors (Lipinski definition) is 4. The van der Waals surface area contributed by atoms with Crippen molar-refractivity contribution >= 4 is 23.7 Å². The van der Waals surface area contributed by atoms with Gasteiger partial charge in [-0.3, -0.25) is 14.4 Å². The summed E-state index contributed by atoms with van der Waals surface area (Å²) < 4.78 is 0. The highest BCUT2D eigenvalue weighted by molar-refractivity contribution is 5.99. The van der Waals surface area contributed by atoms with Crippen molar-refractivity contribution < 1.29 is 29.7 Å². The van der Waals surface area contributed by atoms with Gasteiger partial charge in [-0.25, -0.2) is 0 Å². The molecular weight excluding hydrogens is 422 g/mol. The molecule has 0 aromatic heterocycles. The number of carbonyl (C=O) groups excluding carboxylic acids is 3. The van der Waals surface area contributed by atoms with E-state index in [2.05, 4.69) is 12.2 Å². The van der Waals surface area contributed by atoms with E-state index in [1.165, 1.54) is 12.1 Å². The minimum absolute atomic E-state index is 0.00825. The molecule has 3 aliphatic carbocycles. The summed E-state index contributed by atoms with van der Waals surface area (Å²) in [6.45, 7) is 7.99. The van der Waals surface area contributed by atoms with Crippen molar-refractivity contribution in [2.24, 2.45) is 28.6 Å². The van der Waals surface area contributed by atoms with Crippen LogP contribution in [0.5, 0.6) is 11.5 Å². The van der Waals surface area contributed by atoms with E-state index in [0.29, 0.717) is 19.1 Å². The third-order valence-corrected chi connectivity index (χ3v) is 8.82. The van der Waals surface area contributed by atoms with Crippen LogP contribution < -0.4 is 5.32 Å². The fourth-order valence-corrected chi connectivity index (χ4v) is 7.33. The van der Waals surface area contributed by atoms with Crippen LogP contribution >= 0.6 is 0 Å². The first-order chi connectivity index (χ1) is 15.4. The number of aromatic hydroxyl groups is 2. The maximum atomic E-state index is 13.3. The van der Waals surface area contributed by atoms with Crippen LogP contribution in [0.25, 0.3) is 0 Å². The predicted octanol–water partition coefficient (Wildman–Crippen LogP) is 3.97. The Morgan fingerprint density at radius 3 is 2.64 bits per heavy atom. The molecule has 2 fully saturated rings. The first-order valence-electron chi connectivity index (χ1n) is 11.6. The van der Waals surface area contributed by atoms with E-state index in [1.54, 1.807) is 6.08 Å². The predicted molar refractivity (Wildman–Crippen MR) is 123 cm³/mol. The second kappa shape index (κ2) is 7.69. The Kier molecular flexibility index (Phi) is 5.47. The molecule has 6 atom stereocenters. The van der Waals surface area contributed by atoms with Gasteiger partial charge in [0.05, 0.1) is 11.2 Å². The quantitative estimate of drug-likeness (QED) is 0.393. The number of anilines is 1. The fraction of sp³-hybridized carbons (Fsp3) is 0.577. The van der Waals surface area contributed by atoms with Crippen LogP contribution in [0.15, 0.2) is 23.8 Å². The van der Waals surface area contributed by atoms with Crippen LogP contribution in [-0.2, 0) is 9.59 Å². The van der Waals surface area contributed by atoms with Gasteiger partial charge in [0.1, 0.15) is 11.4 Å². The normalized spacial score (nSPS) is 37.3. The summed E-state index contributed by atoms with van der Waals surface area (Å²) in [6, 6.07) is 2.49. The average Bonchev–Trinajstić information content (AvgIpc) is 2.94. The standard InChI is InChI=1S/C26H33NO6/c1-14-9-17-11-26(13-25(17,4)33)15(2)10-19(30)24(3,23(14)26)8-7-20(31)27-21-18(29)6-5-16(12-28)22(21)32/h5-6,10,12,14,17,23,29,32-33H,7-9,11,13H2,1-4H3,(H,27,31)/t14?,17?,23?,24-,25?,26?/m1/s1. The van der Waals surface area contributed by atoms with E-state index in [9.17, 15) is 29.7 Å². The van der Waals surface area contributed by atoms with Crippen molar-refractivity contribution in [3.05, 3.63) is 29.3 Å². The average molecular weight is 456 g/mol. The second-order valence-electron chi connectivity index (χ2n) is 11.0. The molecule has 178 valence electrons. The SMILES string of the molecule is CC1=CC(=O)[C@@](C)(CCC(=O)Nc2c(O)ccc(C=O)c2O)C2C(C)CC3CC12CC3(C)O. The van der Waals surface area contributed by atoms with Gasteiger partial charge in [0.15, 0.2) is 17.8 Å². The molecule has 0 saturated heterocycles. The Balaban J connectivity index is 1.59. The number of fused-ring (bicyclic) bond motifs is 1. The molecule has 7 heteroatoms. The Hall–Kier alpha value is -2.67. The second-order valence-corrected chi connectivity index (χ2v) is 11.0. The third-order valence-electron chi connectivity index (χ3n) is 8.82. The van der Waals surface area contributed by atoms with Crippen molar-refractivity contribution in [2.75, 3.05) is 5.32 Å². The van der Waals surface area contributed by atoms with Crippen molar-refractivity contribution in [3.8, 4) is 11.5 Å². The fourth-order valence-electron chi connectivity index (χ4n) is 7.33. The van der Waals surface area contributed by atoms with E-state index in [-0.39, 0.29) is 52.4 Å². The molecule has 1 aromatic carbocycles. The molecule has 1 aromatic rings. The van der Waals surface area contributed by atoms with Crippen molar-refractivity contribution in [3.63, 3.8) is 0 Å². The molecule has 1 amide bonds. The van der Waals surface area contributed by atoms with Crippen LogP contribution in [0, 0.1) is 28.6 Å². The van der Waals surface area contributed by atoms with Gasteiger partial charge >= 0.3 is 0 Å². The van der Waals surface area contributed by atoms with Gasteiger partial charge in [-0.15, -0.1) is 0 Å². The van der Waals surface area contributed by atoms with E-state index in [1.807, 2.05) is 20.8 Å². The summed E-state index contributed by atoms with van der Waals surface area (Å²) in [7, 11) is 0. The van der Waals surface area contributed by atoms with Crippen LogP contribution in [0.1, 0.15) is 70.2 Å². The van der Waals surface area contributed by atoms with E-state index >= 15 is 0 Å². The number of aldehydes is 1. The Morgan fingerprint density at radius 2 is 1.97 bits per heavy atom. The molecule has 0 heterocycles. The smallest absolute Gasteiger partial charge is 0.224 e. The number of rotatable bonds is 5. The lowest BCUT2D eigenvalue weighted by Gasteiger charge is -2.55. The van der Waals surface area contributed by atoms with Crippen molar-refractivity contribution in [1.29, 1.82) is 0 Å². The molecule has 5 unspecified atom stereocenters. The van der Waals surface area contributed by atoms with E-state index in [0.717, 1.165) is 18.4 Å². The lowest BCUT2D eigenvalue weighted by Crippen LogP contribution is -2.53. The number of allylic oxidation sites excluding steroid dienone is 2. The molecule has 3 aliphatic rings. The highest BCUT2D eigenvalue weighted by Gasteiger charge is 2.66. The number of carbonyl (C=O) groups is 3. The number of benzene rings is 1. The third kappa shape index (κ3) is 3.48. The van der Waals surface area contributed by atoms with E-state index < -0.39 is 22.7 Å². The largest absolute Gasteiger partial charge is 0.506 e. The summed E-state index contributed by atoms with van der Waals surface area (Å²) >= 11 is 0. The van der Waals surface area contributed by atoms with E-state index in [4.69, 9.17) is 0 Å². The number of hydrogen-bond acceptors (Lipinski definition) is 6. The van der Waals surface area contributed by atoms with Crippen LogP contribution in [-0.4, -0.2) is 38.9 Å². The molecule has 7 nitrogen and oxygen atoms in total. The first kappa shape index (κ1) is 23.5. The molecule has 4 rings (SSSR count). The van der Waals surface area contributed by atoms with Crippen molar-refractivity contribution in [2.45, 2.75) is 65.4 Å². The molecule has 2 saturated carbocycles. The zero-order chi connectivity index (χ0) is 24.3. The molecule has 2 bridgehead atoms. The lowest BCUT2D eigenvalue weighted by molar-refractivity contribution is -0.137. The van der Waals surface area contributed by atoms with Gasteiger partial charge in [0.2, 0.25) is 5.91 Å². The number of amides is 1. The van der Waals surface area contributed by atoms with Gasteiger partial charge in [-0.05, 0) is 80.9 Å². The number of nitrogens with one attached hydrogen (secondary N) is 1.